The highest BCUT2D eigenvalue weighted by Crippen LogP contribution is 2.17. The quantitative estimate of drug-likeness (QED) is 0.644. The summed E-state index contributed by atoms with van der Waals surface area (Å²) in [6.07, 6.45) is 0. The zero-order chi connectivity index (χ0) is 10.0. The number of carbonyl (C=O) groups is 1. The maximum absolute atomic E-state index is 11.1. The molecule has 2 nitrogen and oxygen atoms in total. The summed E-state index contributed by atoms with van der Waals surface area (Å²) in [4.78, 5) is 12.7. The lowest BCUT2D eigenvalue weighted by atomic mass is 10.1. The molecule has 70 valence electrons. The van der Waals surface area contributed by atoms with Crippen LogP contribution in [0.15, 0.2) is 18.2 Å². The Morgan fingerprint density at radius 1 is 1.15 bits per heavy atom. The smallest absolute Gasteiger partial charge is 0.223 e. The Morgan fingerprint density at radius 3 is 2.00 bits per heavy atom. The van der Waals surface area contributed by atoms with Crippen LogP contribution in [0.5, 0.6) is 0 Å². The number of hydrogen-bond donors (Lipinski definition) is 0. The molecule has 0 saturated carbocycles. The molecule has 1 amide bonds. The van der Waals surface area contributed by atoms with Gasteiger partial charge in [0.05, 0.1) is 0 Å². The van der Waals surface area contributed by atoms with Crippen molar-refractivity contribution in [1.29, 1.82) is 0 Å². The van der Waals surface area contributed by atoms with Crippen LogP contribution in [0.1, 0.15) is 18.1 Å². The first-order valence-electron chi connectivity index (χ1n) is 4.33. The van der Waals surface area contributed by atoms with E-state index >= 15 is 0 Å². The summed E-state index contributed by atoms with van der Waals surface area (Å²) in [5.74, 6) is 0.0602. The minimum Gasteiger partial charge on any atom is -0.316 e. The molecular weight excluding hydrogens is 162 g/mol. The molecule has 1 rings (SSSR count). The van der Waals surface area contributed by atoms with E-state index in [1.54, 1.807) is 18.9 Å². The predicted octanol–water partition coefficient (Wildman–Crippen LogP) is 2.29. The molecule has 0 atom stereocenters. The van der Waals surface area contributed by atoms with Gasteiger partial charge in [0, 0.05) is 19.7 Å². The Labute approximate surface area is 79.2 Å². The van der Waals surface area contributed by atoms with Gasteiger partial charge < -0.3 is 4.90 Å². The molecule has 0 aliphatic carbocycles. The van der Waals surface area contributed by atoms with Gasteiger partial charge in [-0.25, -0.2) is 0 Å². The summed E-state index contributed by atoms with van der Waals surface area (Å²) in [6.45, 7) is 5.63. The average Bonchev–Trinajstić information content (AvgIpc) is 2.01. The molecule has 2 heteroatoms. The van der Waals surface area contributed by atoms with E-state index in [9.17, 15) is 4.79 Å². The normalized spacial score (nSPS) is 9.85. The SMILES string of the molecule is CC(=O)N(C)c1cc(C)cc(C)c1. The minimum absolute atomic E-state index is 0.0602. The standard InChI is InChI=1S/C11H15NO/c1-8-5-9(2)7-11(6-8)12(4)10(3)13/h5-7H,1-4H3. The Balaban J connectivity index is 3.07. The van der Waals surface area contributed by atoms with E-state index in [1.807, 2.05) is 26.0 Å². The second-order valence-electron chi connectivity index (χ2n) is 3.42. The number of benzene rings is 1. The van der Waals surface area contributed by atoms with Crippen molar-refractivity contribution in [2.45, 2.75) is 20.8 Å². The molecule has 1 aromatic carbocycles. The van der Waals surface area contributed by atoms with Crippen molar-refractivity contribution in [3.8, 4) is 0 Å². The second kappa shape index (κ2) is 3.60. The molecule has 0 saturated heterocycles. The van der Waals surface area contributed by atoms with Gasteiger partial charge in [0.2, 0.25) is 5.91 Å². The zero-order valence-electron chi connectivity index (χ0n) is 8.59. The van der Waals surface area contributed by atoms with Crippen LogP contribution in [0.3, 0.4) is 0 Å². The van der Waals surface area contributed by atoms with Crippen molar-refractivity contribution in [3.63, 3.8) is 0 Å². The van der Waals surface area contributed by atoms with Gasteiger partial charge in [0.15, 0.2) is 0 Å². The van der Waals surface area contributed by atoms with E-state index in [0.29, 0.717) is 0 Å². The Bertz CT molecular complexity index is 311. The predicted molar refractivity (Wildman–Crippen MR) is 55.0 cm³/mol. The molecule has 0 unspecified atom stereocenters. The molecule has 0 bridgehead atoms. The molecule has 0 aromatic heterocycles. The van der Waals surface area contributed by atoms with Gasteiger partial charge in [-0.2, -0.15) is 0 Å². The zero-order valence-corrected chi connectivity index (χ0v) is 8.59. The molecule has 1 aromatic rings. The van der Waals surface area contributed by atoms with Gasteiger partial charge in [0.25, 0.3) is 0 Å². The van der Waals surface area contributed by atoms with E-state index in [4.69, 9.17) is 0 Å². The average molecular weight is 177 g/mol. The molecule has 0 aliphatic rings. The van der Waals surface area contributed by atoms with Crippen LogP contribution < -0.4 is 4.90 Å². The number of anilines is 1. The van der Waals surface area contributed by atoms with Crippen LogP contribution in [0.25, 0.3) is 0 Å². The van der Waals surface area contributed by atoms with Crippen molar-refractivity contribution in [1.82, 2.24) is 0 Å². The molecule has 0 radical (unpaired) electrons. The van der Waals surface area contributed by atoms with Crippen LogP contribution >= 0.6 is 0 Å². The molecule has 0 N–H and O–H groups in total. The highest BCUT2D eigenvalue weighted by atomic mass is 16.2. The van der Waals surface area contributed by atoms with Crippen molar-refractivity contribution in [2.24, 2.45) is 0 Å². The van der Waals surface area contributed by atoms with Gasteiger partial charge in [0.1, 0.15) is 0 Å². The summed E-state index contributed by atoms with van der Waals surface area (Å²) in [7, 11) is 1.79. The lowest BCUT2D eigenvalue weighted by Gasteiger charge is -2.16. The summed E-state index contributed by atoms with van der Waals surface area (Å²) in [5, 5.41) is 0. The van der Waals surface area contributed by atoms with Crippen molar-refractivity contribution < 1.29 is 4.79 Å². The number of aryl methyl sites for hydroxylation is 2. The summed E-state index contributed by atoms with van der Waals surface area (Å²) < 4.78 is 0. The fraction of sp³-hybridized carbons (Fsp3) is 0.364. The third-order valence-corrected chi connectivity index (χ3v) is 2.07. The van der Waals surface area contributed by atoms with E-state index < -0.39 is 0 Å². The number of amides is 1. The summed E-state index contributed by atoms with van der Waals surface area (Å²) in [5.41, 5.74) is 3.33. The van der Waals surface area contributed by atoms with E-state index in [1.165, 1.54) is 11.1 Å². The first-order chi connectivity index (χ1) is 6.00. The molecular formula is C11H15NO. The largest absolute Gasteiger partial charge is 0.316 e. The third kappa shape index (κ3) is 2.31. The lowest BCUT2D eigenvalue weighted by Crippen LogP contribution is -2.22. The Morgan fingerprint density at radius 2 is 1.62 bits per heavy atom. The highest BCUT2D eigenvalue weighted by Gasteiger charge is 2.05. The lowest BCUT2D eigenvalue weighted by molar-refractivity contribution is -0.116. The van der Waals surface area contributed by atoms with Crippen molar-refractivity contribution >= 4 is 11.6 Å². The number of nitrogens with zero attached hydrogens (tertiary/aromatic N) is 1. The van der Waals surface area contributed by atoms with Crippen LogP contribution in [0.2, 0.25) is 0 Å². The fourth-order valence-corrected chi connectivity index (χ4v) is 1.33. The second-order valence-corrected chi connectivity index (χ2v) is 3.42. The van der Waals surface area contributed by atoms with E-state index in [0.717, 1.165) is 5.69 Å². The number of carbonyl (C=O) groups excluding carboxylic acids is 1. The van der Waals surface area contributed by atoms with Gasteiger partial charge in [-0.1, -0.05) is 6.07 Å². The summed E-state index contributed by atoms with van der Waals surface area (Å²) >= 11 is 0. The molecule has 0 aliphatic heterocycles. The first-order valence-corrected chi connectivity index (χ1v) is 4.33. The summed E-state index contributed by atoms with van der Waals surface area (Å²) in [6, 6.07) is 6.11. The monoisotopic (exact) mass is 177 g/mol. The third-order valence-electron chi connectivity index (χ3n) is 2.07. The van der Waals surface area contributed by atoms with Crippen molar-refractivity contribution in [2.75, 3.05) is 11.9 Å². The van der Waals surface area contributed by atoms with E-state index in [-0.39, 0.29) is 5.91 Å². The van der Waals surface area contributed by atoms with Gasteiger partial charge >= 0.3 is 0 Å². The number of rotatable bonds is 1. The van der Waals surface area contributed by atoms with Crippen LogP contribution in [-0.2, 0) is 4.79 Å². The maximum Gasteiger partial charge on any atom is 0.223 e. The molecule has 0 spiro atoms. The Hall–Kier alpha value is -1.31. The van der Waals surface area contributed by atoms with Crippen LogP contribution in [-0.4, -0.2) is 13.0 Å². The highest BCUT2D eigenvalue weighted by molar-refractivity contribution is 5.91. The van der Waals surface area contributed by atoms with E-state index in [2.05, 4.69) is 6.07 Å². The fourth-order valence-electron chi connectivity index (χ4n) is 1.33. The first kappa shape index (κ1) is 9.78. The maximum atomic E-state index is 11.1. The van der Waals surface area contributed by atoms with Crippen molar-refractivity contribution in [3.05, 3.63) is 29.3 Å². The van der Waals surface area contributed by atoms with Crippen LogP contribution in [0.4, 0.5) is 5.69 Å². The van der Waals surface area contributed by atoms with Crippen LogP contribution in [0, 0.1) is 13.8 Å². The van der Waals surface area contributed by atoms with Gasteiger partial charge in [-0.3, -0.25) is 4.79 Å². The topological polar surface area (TPSA) is 20.3 Å². The molecule has 0 heterocycles. The van der Waals surface area contributed by atoms with Gasteiger partial charge in [-0.15, -0.1) is 0 Å². The number of hydrogen-bond acceptors (Lipinski definition) is 1. The molecule has 0 fully saturated rings. The minimum atomic E-state index is 0.0602. The Kier molecular flexibility index (Phi) is 2.71. The molecule has 13 heavy (non-hydrogen) atoms. The van der Waals surface area contributed by atoms with Gasteiger partial charge in [-0.05, 0) is 37.1 Å².